The van der Waals surface area contributed by atoms with E-state index in [1.165, 1.54) is 13.0 Å². The van der Waals surface area contributed by atoms with Gasteiger partial charge in [-0.1, -0.05) is 11.6 Å². The second kappa shape index (κ2) is 7.93. The van der Waals surface area contributed by atoms with Gasteiger partial charge in [-0.15, -0.1) is 0 Å². The third-order valence-corrected chi connectivity index (χ3v) is 3.67. The zero-order valence-electron chi connectivity index (χ0n) is 13.1. The highest BCUT2D eigenvalue weighted by Gasteiger charge is 2.30. The Bertz CT molecular complexity index is 727. The highest BCUT2D eigenvalue weighted by Crippen LogP contribution is 2.22. The molecular weight excluding hydrogens is 357 g/mol. The summed E-state index contributed by atoms with van der Waals surface area (Å²) in [6, 6.07) is 2.02. The van der Waals surface area contributed by atoms with E-state index in [0.717, 1.165) is 12.1 Å². The number of anilines is 1. The van der Waals surface area contributed by atoms with Crippen molar-refractivity contribution in [2.75, 3.05) is 5.32 Å². The van der Waals surface area contributed by atoms with Crippen molar-refractivity contribution in [3.05, 3.63) is 29.0 Å². The molecule has 10 heteroatoms. The second-order valence-electron chi connectivity index (χ2n) is 5.30. The lowest BCUT2D eigenvalue weighted by molar-refractivity contribution is -0.153. The Morgan fingerprint density at radius 1 is 1.40 bits per heavy atom. The van der Waals surface area contributed by atoms with Crippen LogP contribution in [0, 0.1) is 5.82 Å². The molecule has 1 saturated heterocycles. The standard InChI is InChI=1S/C15H15ClFN3O5/c1-7(13(22)18-10-3-2-8(17)6-9(10)16)25-12(21)5-4-11-14(23)20-15(24)19-11/h2-3,6-7,11H,4-5H2,1H3,(H,18,22)(H2,19,20,23,24)/t7-,11+/m0/s1. The SMILES string of the molecule is C[C@H](OC(=O)CC[C@H]1NC(=O)NC1=O)C(=O)Nc1ccc(F)cc1Cl. The molecular formula is C15H15ClFN3O5. The molecule has 25 heavy (non-hydrogen) atoms. The third-order valence-electron chi connectivity index (χ3n) is 3.36. The number of hydrogen-bond donors (Lipinski definition) is 3. The molecule has 0 saturated carbocycles. The van der Waals surface area contributed by atoms with Crippen molar-refractivity contribution in [1.29, 1.82) is 0 Å². The maximum Gasteiger partial charge on any atom is 0.322 e. The normalized spacial score (nSPS) is 17.5. The highest BCUT2D eigenvalue weighted by molar-refractivity contribution is 6.33. The van der Waals surface area contributed by atoms with Crippen LogP contribution in [0.4, 0.5) is 14.9 Å². The van der Waals surface area contributed by atoms with Crippen LogP contribution in [0.3, 0.4) is 0 Å². The molecule has 134 valence electrons. The average molecular weight is 372 g/mol. The summed E-state index contributed by atoms with van der Waals surface area (Å²) < 4.78 is 17.9. The van der Waals surface area contributed by atoms with E-state index in [4.69, 9.17) is 16.3 Å². The maximum absolute atomic E-state index is 13.0. The van der Waals surface area contributed by atoms with Crippen molar-refractivity contribution < 1.29 is 28.3 Å². The van der Waals surface area contributed by atoms with E-state index in [0.29, 0.717) is 0 Å². The number of ether oxygens (including phenoxy) is 1. The first-order valence-corrected chi connectivity index (χ1v) is 7.71. The lowest BCUT2D eigenvalue weighted by Crippen LogP contribution is -2.32. The van der Waals surface area contributed by atoms with Crippen LogP contribution in [0.5, 0.6) is 0 Å². The molecule has 0 bridgehead atoms. The summed E-state index contributed by atoms with van der Waals surface area (Å²) in [4.78, 5) is 46.0. The fourth-order valence-corrected chi connectivity index (χ4v) is 2.27. The Kier molecular flexibility index (Phi) is 5.92. The number of rotatable bonds is 6. The zero-order chi connectivity index (χ0) is 18.6. The van der Waals surface area contributed by atoms with Gasteiger partial charge in [0, 0.05) is 6.42 Å². The Balaban J connectivity index is 1.80. The van der Waals surface area contributed by atoms with Crippen molar-refractivity contribution in [3.8, 4) is 0 Å². The number of urea groups is 1. The van der Waals surface area contributed by atoms with Gasteiger partial charge < -0.3 is 15.4 Å². The smallest absolute Gasteiger partial charge is 0.322 e. The van der Waals surface area contributed by atoms with Crippen LogP contribution in [0.15, 0.2) is 18.2 Å². The molecule has 8 nitrogen and oxygen atoms in total. The van der Waals surface area contributed by atoms with Gasteiger partial charge in [0.25, 0.3) is 11.8 Å². The van der Waals surface area contributed by atoms with Crippen LogP contribution < -0.4 is 16.0 Å². The lowest BCUT2D eigenvalue weighted by Gasteiger charge is -2.14. The number of amides is 4. The minimum atomic E-state index is -1.12. The Morgan fingerprint density at radius 2 is 2.12 bits per heavy atom. The number of imide groups is 1. The minimum Gasteiger partial charge on any atom is -0.453 e. The molecule has 0 aliphatic carbocycles. The van der Waals surface area contributed by atoms with E-state index < -0.39 is 41.8 Å². The monoisotopic (exact) mass is 371 g/mol. The molecule has 0 unspecified atom stereocenters. The largest absolute Gasteiger partial charge is 0.453 e. The minimum absolute atomic E-state index is 0.00913. The predicted molar refractivity (Wildman–Crippen MR) is 85.3 cm³/mol. The van der Waals surface area contributed by atoms with E-state index in [1.807, 2.05) is 5.32 Å². The van der Waals surface area contributed by atoms with Gasteiger partial charge in [-0.3, -0.25) is 19.7 Å². The predicted octanol–water partition coefficient (Wildman–Crippen LogP) is 1.34. The van der Waals surface area contributed by atoms with Crippen molar-refractivity contribution in [2.45, 2.75) is 31.9 Å². The highest BCUT2D eigenvalue weighted by atomic mass is 35.5. The van der Waals surface area contributed by atoms with Gasteiger partial charge in [-0.25, -0.2) is 9.18 Å². The summed E-state index contributed by atoms with van der Waals surface area (Å²) in [6.45, 7) is 1.36. The molecule has 1 fully saturated rings. The first-order valence-electron chi connectivity index (χ1n) is 7.33. The summed E-state index contributed by atoms with van der Waals surface area (Å²) in [6.07, 6.45) is -1.23. The molecule has 2 rings (SSSR count). The summed E-state index contributed by atoms with van der Waals surface area (Å²) in [5, 5.41) is 6.81. The third kappa shape index (κ3) is 5.15. The van der Waals surface area contributed by atoms with Crippen LogP contribution in [0.2, 0.25) is 5.02 Å². The van der Waals surface area contributed by atoms with Gasteiger partial charge in [0.05, 0.1) is 10.7 Å². The summed E-state index contributed by atoms with van der Waals surface area (Å²) >= 11 is 5.80. The maximum atomic E-state index is 13.0. The van der Waals surface area contributed by atoms with Gasteiger partial charge in [0.2, 0.25) is 0 Å². The molecule has 2 atom stereocenters. The van der Waals surface area contributed by atoms with Gasteiger partial charge in [-0.2, -0.15) is 0 Å². The second-order valence-corrected chi connectivity index (χ2v) is 5.71. The van der Waals surface area contributed by atoms with E-state index in [1.54, 1.807) is 0 Å². The molecule has 1 aliphatic rings. The van der Waals surface area contributed by atoms with Crippen LogP contribution >= 0.6 is 11.6 Å². The fourth-order valence-electron chi connectivity index (χ4n) is 2.06. The van der Waals surface area contributed by atoms with Crippen LogP contribution in [-0.2, 0) is 19.1 Å². The molecule has 4 amide bonds. The van der Waals surface area contributed by atoms with Gasteiger partial charge in [0.1, 0.15) is 11.9 Å². The molecule has 1 aliphatic heterocycles. The van der Waals surface area contributed by atoms with E-state index in [9.17, 15) is 23.6 Å². The fraction of sp³-hybridized carbons (Fsp3) is 0.333. The summed E-state index contributed by atoms with van der Waals surface area (Å²) in [5.74, 6) is -2.42. The Labute approximate surface area is 147 Å². The number of carbonyl (C=O) groups excluding carboxylic acids is 4. The summed E-state index contributed by atoms with van der Waals surface area (Å²) in [7, 11) is 0. The number of esters is 1. The number of benzene rings is 1. The van der Waals surface area contributed by atoms with E-state index >= 15 is 0 Å². The van der Waals surface area contributed by atoms with Crippen LogP contribution in [0.25, 0.3) is 0 Å². The number of hydrogen-bond acceptors (Lipinski definition) is 5. The molecule has 0 radical (unpaired) electrons. The molecule has 1 aromatic rings. The van der Waals surface area contributed by atoms with Crippen molar-refractivity contribution in [3.63, 3.8) is 0 Å². The van der Waals surface area contributed by atoms with Crippen LogP contribution in [0.1, 0.15) is 19.8 Å². The van der Waals surface area contributed by atoms with Crippen molar-refractivity contribution in [1.82, 2.24) is 10.6 Å². The van der Waals surface area contributed by atoms with Gasteiger partial charge >= 0.3 is 12.0 Å². The topological polar surface area (TPSA) is 114 Å². The average Bonchev–Trinajstić information content (AvgIpc) is 2.85. The first-order chi connectivity index (χ1) is 11.8. The molecule has 3 N–H and O–H groups in total. The lowest BCUT2D eigenvalue weighted by atomic mass is 10.1. The summed E-state index contributed by atoms with van der Waals surface area (Å²) in [5.41, 5.74) is 0.182. The molecule has 1 heterocycles. The number of carbonyl (C=O) groups is 4. The number of nitrogens with one attached hydrogen (secondary N) is 3. The van der Waals surface area contributed by atoms with Crippen molar-refractivity contribution >= 4 is 41.1 Å². The van der Waals surface area contributed by atoms with Crippen molar-refractivity contribution in [2.24, 2.45) is 0 Å². The van der Waals surface area contributed by atoms with Crippen LogP contribution in [-0.4, -0.2) is 36.0 Å². The van der Waals surface area contributed by atoms with Gasteiger partial charge in [0.15, 0.2) is 6.10 Å². The molecule has 0 aromatic heterocycles. The molecule has 0 spiro atoms. The quantitative estimate of drug-likeness (QED) is 0.516. The Hall–Kier alpha value is -2.68. The number of halogens is 2. The zero-order valence-corrected chi connectivity index (χ0v) is 13.9. The first kappa shape index (κ1) is 18.7. The van der Waals surface area contributed by atoms with E-state index in [2.05, 4.69) is 10.6 Å². The Morgan fingerprint density at radius 3 is 2.72 bits per heavy atom. The van der Waals surface area contributed by atoms with E-state index in [-0.39, 0.29) is 23.6 Å². The molecule has 1 aromatic carbocycles. The van der Waals surface area contributed by atoms with Gasteiger partial charge in [-0.05, 0) is 31.5 Å².